The van der Waals surface area contributed by atoms with E-state index in [1.54, 1.807) is 24.1 Å². The SMILES string of the molecule is Cn1cc(CCNS(=O)(=O)c2cc([N+](=O)[O-])c(N)s2)cn1. The number of hydrogen-bond donors (Lipinski definition) is 2. The molecule has 2 heterocycles. The first-order valence-electron chi connectivity index (χ1n) is 5.80. The standard InChI is InChI=1S/C10H13N5O4S2/c1-14-6-7(5-12-14)2-3-13-21(18,19)9-4-8(15(16)17)10(11)20-9/h4-6,13H,2-3,11H2,1H3. The minimum atomic E-state index is -3.80. The molecular weight excluding hydrogens is 318 g/mol. The minimum absolute atomic E-state index is 0.132. The topological polar surface area (TPSA) is 133 Å². The summed E-state index contributed by atoms with van der Waals surface area (Å²) in [7, 11) is -2.04. The number of nitro groups is 1. The molecule has 0 saturated carbocycles. The molecule has 0 radical (unpaired) electrons. The second kappa shape index (κ2) is 5.79. The molecule has 0 aliphatic rings. The number of hydrogen-bond acceptors (Lipinski definition) is 7. The normalized spacial score (nSPS) is 11.7. The third kappa shape index (κ3) is 3.56. The third-order valence-corrected chi connectivity index (χ3v) is 5.53. The second-order valence-corrected chi connectivity index (χ2v) is 7.32. The van der Waals surface area contributed by atoms with Gasteiger partial charge in [0.2, 0.25) is 10.0 Å². The van der Waals surface area contributed by atoms with Crippen LogP contribution in [0.3, 0.4) is 0 Å². The zero-order valence-electron chi connectivity index (χ0n) is 11.0. The first-order valence-corrected chi connectivity index (χ1v) is 8.10. The molecule has 0 saturated heterocycles. The fourth-order valence-corrected chi connectivity index (χ4v) is 3.94. The first kappa shape index (κ1) is 15.4. The third-order valence-electron chi connectivity index (χ3n) is 2.64. The van der Waals surface area contributed by atoms with Gasteiger partial charge in [0.05, 0.1) is 11.1 Å². The largest absolute Gasteiger partial charge is 0.385 e. The van der Waals surface area contributed by atoms with Crippen LogP contribution in [0.25, 0.3) is 0 Å². The van der Waals surface area contributed by atoms with Crippen molar-refractivity contribution in [3.8, 4) is 0 Å². The summed E-state index contributed by atoms with van der Waals surface area (Å²) in [6.07, 6.45) is 3.89. The number of anilines is 1. The van der Waals surface area contributed by atoms with E-state index in [2.05, 4.69) is 9.82 Å². The molecule has 3 N–H and O–H groups in total. The van der Waals surface area contributed by atoms with Crippen LogP contribution in [0, 0.1) is 10.1 Å². The lowest BCUT2D eigenvalue weighted by molar-refractivity contribution is -0.383. The van der Waals surface area contributed by atoms with Crippen molar-refractivity contribution in [2.45, 2.75) is 10.6 Å². The fourth-order valence-electron chi connectivity index (χ4n) is 1.65. The number of nitrogens with two attached hydrogens (primary N) is 1. The number of nitrogen functional groups attached to an aromatic ring is 1. The summed E-state index contributed by atoms with van der Waals surface area (Å²) < 4.78 is 27.9. The van der Waals surface area contributed by atoms with E-state index in [1.807, 2.05) is 0 Å². The van der Waals surface area contributed by atoms with Crippen LogP contribution < -0.4 is 10.5 Å². The van der Waals surface area contributed by atoms with Crippen molar-refractivity contribution in [1.29, 1.82) is 0 Å². The number of nitrogens with zero attached hydrogens (tertiary/aromatic N) is 3. The van der Waals surface area contributed by atoms with Gasteiger partial charge < -0.3 is 5.73 Å². The summed E-state index contributed by atoms with van der Waals surface area (Å²) in [4.78, 5) is 9.96. The zero-order chi connectivity index (χ0) is 15.6. The Balaban J connectivity index is 2.04. The van der Waals surface area contributed by atoms with Gasteiger partial charge in [-0.2, -0.15) is 5.10 Å². The summed E-state index contributed by atoms with van der Waals surface area (Å²) in [6, 6.07) is 0.965. The molecule has 0 amide bonds. The molecule has 0 atom stereocenters. The monoisotopic (exact) mass is 331 g/mol. The van der Waals surface area contributed by atoms with Crippen molar-refractivity contribution in [3.05, 3.63) is 34.1 Å². The Morgan fingerprint density at radius 3 is 2.81 bits per heavy atom. The van der Waals surface area contributed by atoms with Crippen LogP contribution >= 0.6 is 11.3 Å². The Kier molecular flexibility index (Phi) is 4.25. The van der Waals surface area contributed by atoms with E-state index in [1.165, 1.54) is 0 Å². The van der Waals surface area contributed by atoms with E-state index in [4.69, 9.17) is 5.73 Å². The number of sulfonamides is 1. The minimum Gasteiger partial charge on any atom is -0.385 e. The highest BCUT2D eigenvalue weighted by molar-refractivity contribution is 7.91. The van der Waals surface area contributed by atoms with Gasteiger partial charge in [0.1, 0.15) is 4.21 Å². The van der Waals surface area contributed by atoms with Gasteiger partial charge in [-0.25, -0.2) is 13.1 Å². The molecule has 2 rings (SSSR count). The van der Waals surface area contributed by atoms with Crippen LogP contribution in [0.15, 0.2) is 22.7 Å². The highest BCUT2D eigenvalue weighted by Crippen LogP contribution is 2.34. The molecule has 0 bridgehead atoms. The molecule has 0 aliphatic heterocycles. The van der Waals surface area contributed by atoms with Crippen molar-refractivity contribution in [3.63, 3.8) is 0 Å². The van der Waals surface area contributed by atoms with Crippen LogP contribution in [0.2, 0.25) is 0 Å². The fraction of sp³-hybridized carbons (Fsp3) is 0.300. The van der Waals surface area contributed by atoms with Gasteiger partial charge >= 0.3 is 5.69 Å². The first-order chi connectivity index (χ1) is 9.79. The van der Waals surface area contributed by atoms with Gasteiger partial charge in [-0.15, -0.1) is 0 Å². The van der Waals surface area contributed by atoms with E-state index >= 15 is 0 Å². The zero-order valence-corrected chi connectivity index (χ0v) is 12.6. The number of nitrogens with one attached hydrogen (secondary N) is 1. The molecule has 0 fully saturated rings. The Morgan fingerprint density at radius 1 is 1.57 bits per heavy atom. The van der Waals surface area contributed by atoms with Crippen molar-refractivity contribution in [1.82, 2.24) is 14.5 Å². The molecule has 2 aromatic heterocycles. The van der Waals surface area contributed by atoms with Crippen molar-refractivity contribution < 1.29 is 13.3 Å². The Bertz CT molecular complexity index is 764. The Morgan fingerprint density at radius 2 is 2.29 bits per heavy atom. The lowest BCUT2D eigenvalue weighted by Gasteiger charge is -2.02. The molecule has 11 heteroatoms. The van der Waals surface area contributed by atoms with E-state index < -0.39 is 20.6 Å². The quantitative estimate of drug-likeness (QED) is 0.584. The summed E-state index contributed by atoms with van der Waals surface area (Å²) in [5, 5.41) is 14.5. The number of aryl methyl sites for hydroxylation is 1. The molecule has 21 heavy (non-hydrogen) atoms. The van der Waals surface area contributed by atoms with Crippen LogP contribution in [-0.4, -0.2) is 29.7 Å². The molecule has 0 spiro atoms. The lowest BCUT2D eigenvalue weighted by Crippen LogP contribution is -2.25. The predicted octanol–water partition coefficient (Wildman–Crippen LogP) is 0.493. The van der Waals surface area contributed by atoms with Crippen LogP contribution in [-0.2, 0) is 23.5 Å². The summed E-state index contributed by atoms with van der Waals surface area (Å²) in [6.45, 7) is 0.166. The van der Waals surface area contributed by atoms with Crippen LogP contribution in [0.5, 0.6) is 0 Å². The van der Waals surface area contributed by atoms with Gasteiger partial charge in [-0.3, -0.25) is 14.8 Å². The molecule has 2 aromatic rings. The number of thiophene rings is 1. The predicted molar refractivity (Wildman–Crippen MR) is 77.5 cm³/mol. The van der Waals surface area contributed by atoms with Crippen molar-refractivity contribution >= 4 is 32.0 Å². The van der Waals surface area contributed by atoms with Gasteiger partial charge in [-0.05, 0) is 12.0 Å². The van der Waals surface area contributed by atoms with Crippen molar-refractivity contribution in [2.24, 2.45) is 7.05 Å². The van der Waals surface area contributed by atoms with Gasteiger partial charge in [0.25, 0.3) is 0 Å². The van der Waals surface area contributed by atoms with Crippen LogP contribution in [0.4, 0.5) is 10.7 Å². The lowest BCUT2D eigenvalue weighted by atomic mass is 10.3. The molecule has 9 nitrogen and oxygen atoms in total. The molecular formula is C10H13N5O4S2. The smallest absolute Gasteiger partial charge is 0.304 e. The highest BCUT2D eigenvalue weighted by atomic mass is 32.2. The highest BCUT2D eigenvalue weighted by Gasteiger charge is 2.24. The van der Waals surface area contributed by atoms with Gasteiger partial charge in [0.15, 0.2) is 5.00 Å². The number of rotatable bonds is 6. The average Bonchev–Trinajstić information content (AvgIpc) is 2.96. The van der Waals surface area contributed by atoms with Gasteiger partial charge in [0, 0.05) is 25.9 Å². The van der Waals surface area contributed by atoms with Crippen molar-refractivity contribution in [2.75, 3.05) is 12.3 Å². The Labute approximate surface area is 124 Å². The summed E-state index contributed by atoms with van der Waals surface area (Å²) in [5.74, 6) is 0. The van der Waals surface area contributed by atoms with E-state index in [0.717, 1.165) is 11.6 Å². The maximum atomic E-state index is 12.0. The van der Waals surface area contributed by atoms with E-state index in [0.29, 0.717) is 17.8 Å². The average molecular weight is 331 g/mol. The molecule has 0 unspecified atom stereocenters. The molecule has 0 aliphatic carbocycles. The van der Waals surface area contributed by atoms with Gasteiger partial charge in [-0.1, -0.05) is 11.3 Å². The summed E-state index contributed by atoms with van der Waals surface area (Å²) in [5.41, 5.74) is 5.93. The maximum Gasteiger partial charge on any atom is 0.304 e. The number of aromatic nitrogens is 2. The Hall–Kier alpha value is -1.98. The molecule has 114 valence electrons. The summed E-state index contributed by atoms with van der Waals surface area (Å²) >= 11 is 0.669. The molecule has 0 aromatic carbocycles. The van der Waals surface area contributed by atoms with Crippen LogP contribution in [0.1, 0.15) is 5.56 Å². The van der Waals surface area contributed by atoms with E-state index in [9.17, 15) is 18.5 Å². The second-order valence-electron chi connectivity index (χ2n) is 4.24. The van der Waals surface area contributed by atoms with E-state index in [-0.39, 0.29) is 15.8 Å². The maximum absolute atomic E-state index is 12.0.